The SMILES string of the molecule is COc1ccsc1C(=O)NC(C)(COc1ccccc1)C(=O)O. The Morgan fingerprint density at radius 2 is 1.96 bits per heavy atom. The molecule has 0 saturated carbocycles. The van der Waals surface area contributed by atoms with Gasteiger partial charge in [-0.3, -0.25) is 4.79 Å². The monoisotopic (exact) mass is 335 g/mol. The summed E-state index contributed by atoms with van der Waals surface area (Å²) >= 11 is 1.18. The minimum Gasteiger partial charge on any atom is -0.495 e. The van der Waals surface area contributed by atoms with Gasteiger partial charge in [-0.1, -0.05) is 18.2 Å². The fourth-order valence-electron chi connectivity index (χ4n) is 1.83. The van der Waals surface area contributed by atoms with Crippen molar-refractivity contribution in [1.82, 2.24) is 5.32 Å². The number of hydrogen-bond acceptors (Lipinski definition) is 5. The third kappa shape index (κ3) is 4.01. The number of carbonyl (C=O) groups excluding carboxylic acids is 1. The maximum absolute atomic E-state index is 12.3. The van der Waals surface area contributed by atoms with Crippen LogP contribution in [0.1, 0.15) is 16.6 Å². The zero-order valence-electron chi connectivity index (χ0n) is 12.7. The average Bonchev–Trinajstić information content (AvgIpc) is 3.02. The number of nitrogens with one attached hydrogen (secondary N) is 1. The van der Waals surface area contributed by atoms with Crippen LogP contribution in [0.15, 0.2) is 41.8 Å². The Morgan fingerprint density at radius 3 is 2.57 bits per heavy atom. The summed E-state index contributed by atoms with van der Waals surface area (Å²) in [5.41, 5.74) is -1.57. The summed E-state index contributed by atoms with van der Waals surface area (Å²) in [6.07, 6.45) is 0. The average molecular weight is 335 g/mol. The van der Waals surface area contributed by atoms with Gasteiger partial charge in [0.25, 0.3) is 5.91 Å². The van der Waals surface area contributed by atoms with Crippen molar-refractivity contribution in [2.24, 2.45) is 0 Å². The van der Waals surface area contributed by atoms with Gasteiger partial charge in [-0.05, 0) is 30.5 Å². The number of para-hydroxylation sites is 1. The van der Waals surface area contributed by atoms with Crippen LogP contribution in [0, 0.1) is 0 Å². The number of ether oxygens (including phenoxy) is 2. The predicted molar refractivity (Wildman–Crippen MR) is 86.3 cm³/mol. The molecule has 0 radical (unpaired) electrons. The Kier molecular flexibility index (Phi) is 5.23. The molecule has 0 fully saturated rings. The van der Waals surface area contributed by atoms with Gasteiger partial charge in [-0.2, -0.15) is 0 Å². The summed E-state index contributed by atoms with van der Waals surface area (Å²) < 4.78 is 10.6. The number of carboxylic acids is 1. The third-order valence-electron chi connectivity index (χ3n) is 3.19. The predicted octanol–water partition coefficient (Wildman–Crippen LogP) is 2.41. The molecule has 1 aromatic carbocycles. The summed E-state index contributed by atoms with van der Waals surface area (Å²) in [6.45, 7) is 1.20. The van der Waals surface area contributed by atoms with Gasteiger partial charge in [0.05, 0.1) is 7.11 Å². The van der Waals surface area contributed by atoms with Crippen molar-refractivity contribution in [2.75, 3.05) is 13.7 Å². The van der Waals surface area contributed by atoms with E-state index in [0.717, 1.165) is 0 Å². The summed E-state index contributed by atoms with van der Waals surface area (Å²) in [5, 5.41) is 13.7. The van der Waals surface area contributed by atoms with Gasteiger partial charge in [0, 0.05) is 0 Å². The third-order valence-corrected chi connectivity index (χ3v) is 4.08. The molecule has 0 spiro atoms. The lowest BCUT2D eigenvalue weighted by molar-refractivity contribution is -0.145. The second kappa shape index (κ2) is 7.15. The van der Waals surface area contributed by atoms with Gasteiger partial charge >= 0.3 is 5.97 Å². The molecule has 1 amide bonds. The van der Waals surface area contributed by atoms with Crippen LogP contribution in [0.4, 0.5) is 0 Å². The smallest absolute Gasteiger partial charge is 0.332 e. The molecule has 23 heavy (non-hydrogen) atoms. The number of benzene rings is 1. The number of hydrogen-bond donors (Lipinski definition) is 2. The molecule has 122 valence electrons. The zero-order valence-corrected chi connectivity index (χ0v) is 13.6. The molecule has 0 aliphatic heterocycles. The lowest BCUT2D eigenvalue weighted by Gasteiger charge is -2.26. The van der Waals surface area contributed by atoms with Crippen molar-refractivity contribution >= 4 is 23.2 Å². The van der Waals surface area contributed by atoms with E-state index < -0.39 is 17.4 Å². The molecule has 2 aromatic rings. The summed E-state index contributed by atoms with van der Waals surface area (Å²) in [6, 6.07) is 10.5. The second-order valence-corrected chi connectivity index (χ2v) is 5.93. The molecule has 7 heteroatoms. The van der Waals surface area contributed by atoms with Crippen molar-refractivity contribution in [1.29, 1.82) is 0 Å². The first-order valence-electron chi connectivity index (χ1n) is 6.81. The second-order valence-electron chi connectivity index (χ2n) is 5.01. The fourth-order valence-corrected chi connectivity index (χ4v) is 2.58. The van der Waals surface area contributed by atoms with Crippen molar-refractivity contribution < 1.29 is 24.2 Å². The van der Waals surface area contributed by atoms with Gasteiger partial charge in [0.1, 0.15) is 23.0 Å². The van der Waals surface area contributed by atoms with Crippen molar-refractivity contribution in [3.05, 3.63) is 46.7 Å². The van der Waals surface area contributed by atoms with E-state index in [1.54, 1.807) is 35.7 Å². The molecule has 0 saturated heterocycles. The van der Waals surface area contributed by atoms with Crippen LogP contribution in [0.3, 0.4) is 0 Å². The van der Waals surface area contributed by atoms with Crippen molar-refractivity contribution in [2.45, 2.75) is 12.5 Å². The quantitative estimate of drug-likeness (QED) is 0.812. The highest BCUT2D eigenvalue weighted by Gasteiger charge is 2.37. The number of methoxy groups -OCH3 is 1. The molecule has 1 atom stereocenters. The first kappa shape index (κ1) is 16.8. The van der Waals surface area contributed by atoms with Crippen molar-refractivity contribution in [3.63, 3.8) is 0 Å². The van der Waals surface area contributed by atoms with Crippen molar-refractivity contribution in [3.8, 4) is 11.5 Å². The van der Waals surface area contributed by atoms with Gasteiger partial charge in [-0.25, -0.2) is 4.79 Å². The summed E-state index contributed by atoms with van der Waals surface area (Å²) in [7, 11) is 1.45. The summed E-state index contributed by atoms with van der Waals surface area (Å²) in [4.78, 5) is 24.2. The van der Waals surface area contributed by atoms with Crippen LogP contribution in [0.5, 0.6) is 11.5 Å². The molecule has 6 nitrogen and oxygen atoms in total. The van der Waals surface area contributed by atoms with E-state index in [-0.39, 0.29) is 6.61 Å². The van der Waals surface area contributed by atoms with Gasteiger partial charge in [-0.15, -0.1) is 11.3 Å². The Labute approximate surface area is 137 Å². The number of carbonyl (C=O) groups is 2. The van der Waals surface area contributed by atoms with Crippen LogP contribution in [0.2, 0.25) is 0 Å². The first-order valence-corrected chi connectivity index (χ1v) is 7.69. The standard InChI is InChI=1S/C16H17NO5S/c1-16(15(19)20,10-22-11-6-4-3-5-7-11)17-14(18)13-12(21-2)8-9-23-13/h3-9H,10H2,1-2H3,(H,17,18)(H,19,20). The van der Waals surface area contributed by atoms with E-state index in [9.17, 15) is 14.7 Å². The molecule has 0 bridgehead atoms. The largest absolute Gasteiger partial charge is 0.495 e. The molecular formula is C16H17NO5S. The van der Waals surface area contributed by atoms with E-state index in [4.69, 9.17) is 9.47 Å². The number of carboxylic acid groups (broad SMARTS) is 1. The van der Waals surface area contributed by atoms with Crippen LogP contribution in [-0.4, -0.2) is 36.2 Å². The normalized spacial score (nSPS) is 13.0. The molecule has 1 aromatic heterocycles. The maximum atomic E-state index is 12.3. The lowest BCUT2D eigenvalue weighted by Crippen LogP contribution is -2.56. The number of amides is 1. The molecule has 2 rings (SSSR count). The highest BCUT2D eigenvalue weighted by Crippen LogP contribution is 2.25. The molecular weight excluding hydrogens is 318 g/mol. The molecule has 1 heterocycles. The van der Waals surface area contributed by atoms with Crippen LogP contribution < -0.4 is 14.8 Å². The minimum absolute atomic E-state index is 0.203. The Hall–Kier alpha value is -2.54. The van der Waals surface area contributed by atoms with Crippen LogP contribution in [-0.2, 0) is 4.79 Å². The summed E-state index contributed by atoms with van der Waals surface area (Å²) in [5.74, 6) is -0.761. The Balaban J connectivity index is 2.11. The van der Waals surface area contributed by atoms with Gasteiger partial charge in [0.15, 0.2) is 5.54 Å². The van der Waals surface area contributed by atoms with E-state index in [2.05, 4.69) is 5.32 Å². The van der Waals surface area contributed by atoms with E-state index >= 15 is 0 Å². The topological polar surface area (TPSA) is 84.9 Å². The highest BCUT2D eigenvalue weighted by atomic mass is 32.1. The minimum atomic E-state index is -1.57. The molecule has 1 unspecified atom stereocenters. The van der Waals surface area contributed by atoms with Crippen LogP contribution in [0.25, 0.3) is 0 Å². The Bertz CT molecular complexity index is 685. The Morgan fingerprint density at radius 1 is 1.26 bits per heavy atom. The number of thiophene rings is 1. The molecule has 0 aliphatic carbocycles. The maximum Gasteiger partial charge on any atom is 0.332 e. The van der Waals surface area contributed by atoms with Crippen LogP contribution >= 0.6 is 11.3 Å². The number of aliphatic carboxylic acids is 1. The molecule has 2 N–H and O–H groups in total. The zero-order chi connectivity index (χ0) is 16.9. The van der Waals surface area contributed by atoms with Gasteiger partial charge in [0.2, 0.25) is 0 Å². The lowest BCUT2D eigenvalue weighted by atomic mass is 10.0. The highest BCUT2D eigenvalue weighted by molar-refractivity contribution is 7.12. The van der Waals surface area contributed by atoms with E-state index in [1.807, 2.05) is 6.07 Å². The van der Waals surface area contributed by atoms with E-state index in [0.29, 0.717) is 16.4 Å². The molecule has 0 aliphatic rings. The van der Waals surface area contributed by atoms with Gasteiger partial charge < -0.3 is 19.9 Å². The van der Waals surface area contributed by atoms with E-state index in [1.165, 1.54) is 25.4 Å². The fraction of sp³-hybridized carbons (Fsp3) is 0.250. The first-order chi connectivity index (χ1) is 11.0. The number of rotatable bonds is 7.